The molecule has 0 aliphatic heterocycles. The Hall–Kier alpha value is -0.940. The van der Waals surface area contributed by atoms with Gasteiger partial charge in [-0.3, -0.25) is 0 Å². The molecule has 0 spiro atoms. The van der Waals surface area contributed by atoms with Crippen molar-refractivity contribution < 1.29 is 9.26 Å². The van der Waals surface area contributed by atoms with Crippen molar-refractivity contribution in [2.75, 3.05) is 13.7 Å². The summed E-state index contributed by atoms with van der Waals surface area (Å²) in [6.07, 6.45) is 0.957. The summed E-state index contributed by atoms with van der Waals surface area (Å²) in [6.45, 7) is 10.7. The summed E-state index contributed by atoms with van der Waals surface area (Å²) in [7, 11) is 1.94. The lowest BCUT2D eigenvalue weighted by Crippen LogP contribution is -2.29. The van der Waals surface area contributed by atoms with Gasteiger partial charge in [0.05, 0.1) is 5.92 Å². The molecule has 2 atom stereocenters. The van der Waals surface area contributed by atoms with Crippen molar-refractivity contribution in [3.8, 4) is 0 Å². The summed E-state index contributed by atoms with van der Waals surface area (Å²) in [5, 5.41) is 7.28. The predicted octanol–water partition coefficient (Wildman–Crippen LogP) is 2.44. The Kier molecular flexibility index (Phi) is 5.28. The van der Waals surface area contributed by atoms with Crippen LogP contribution in [0.4, 0.5) is 0 Å². The number of ether oxygens (including phenoxy) is 1. The number of likely N-dealkylation sites (N-methyl/N-ethyl adjacent to an activating group) is 1. The van der Waals surface area contributed by atoms with Gasteiger partial charge in [-0.15, -0.1) is 0 Å². The van der Waals surface area contributed by atoms with Gasteiger partial charge < -0.3 is 14.6 Å². The van der Waals surface area contributed by atoms with E-state index in [2.05, 4.69) is 29.3 Å². The van der Waals surface area contributed by atoms with E-state index >= 15 is 0 Å². The molecule has 0 aliphatic carbocycles. The summed E-state index contributed by atoms with van der Waals surface area (Å²) in [6, 6.07) is 0.304. The Morgan fingerprint density at radius 2 is 2.06 bits per heavy atom. The van der Waals surface area contributed by atoms with E-state index < -0.39 is 5.60 Å². The molecule has 5 nitrogen and oxygen atoms in total. The lowest BCUT2D eigenvalue weighted by molar-refractivity contribution is -0.0221. The van der Waals surface area contributed by atoms with Gasteiger partial charge in [-0.05, 0) is 41.2 Å². The van der Waals surface area contributed by atoms with Gasteiger partial charge >= 0.3 is 0 Å². The quantitative estimate of drug-likeness (QED) is 0.811. The van der Waals surface area contributed by atoms with E-state index in [1.807, 2.05) is 27.8 Å². The van der Waals surface area contributed by atoms with Crippen LogP contribution < -0.4 is 5.32 Å². The molecular formula is C13H25N3O2. The van der Waals surface area contributed by atoms with Crippen molar-refractivity contribution >= 4 is 0 Å². The molecule has 0 aromatic carbocycles. The molecule has 0 saturated heterocycles. The van der Waals surface area contributed by atoms with Gasteiger partial charge in [0.1, 0.15) is 5.60 Å². The molecule has 104 valence electrons. The molecule has 0 bridgehead atoms. The van der Waals surface area contributed by atoms with E-state index in [1.54, 1.807) is 0 Å². The van der Waals surface area contributed by atoms with Gasteiger partial charge in [-0.2, -0.15) is 4.98 Å². The van der Waals surface area contributed by atoms with E-state index in [9.17, 15) is 0 Å². The minimum Gasteiger partial charge on any atom is -0.368 e. The fourth-order valence-electron chi connectivity index (χ4n) is 2.00. The van der Waals surface area contributed by atoms with Crippen LogP contribution in [0, 0.1) is 0 Å². The van der Waals surface area contributed by atoms with Crippen molar-refractivity contribution in [3.63, 3.8) is 0 Å². The number of rotatable bonds is 7. The minimum absolute atomic E-state index is 0.230. The molecule has 1 rings (SSSR count). The molecule has 0 saturated carbocycles. The SMILES string of the molecule is CCOC(C)(C)c1noc(C(CC)C(C)NC)n1. The molecule has 1 heterocycles. The first kappa shape index (κ1) is 15.1. The number of nitrogens with zero attached hydrogens (tertiary/aromatic N) is 2. The van der Waals surface area contributed by atoms with Crippen LogP contribution in [0.5, 0.6) is 0 Å². The average molecular weight is 255 g/mol. The van der Waals surface area contributed by atoms with E-state index in [0.29, 0.717) is 24.4 Å². The number of aromatic nitrogens is 2. The molecule has 1 N–H and O–H groups in total. The molecular weight excluding hydrogens is 230 g/mol. The van der Waals surface area contributed by atoms with Gasteiger partial charge in [0.2, 0.25) is 11.7 Å². The highest BCUT2D eigenvalue weighted by atomic mass is 16.5. The van der Waals surface area contributed by atoms with Crippen LogP contribution in [0.25, 0.3) is 0 Å². The summed E-state index contributed by atoms with van der Waals surface area (Å²) in [5.74, 6) is 1.52. The number of hydrogen-bond acceptors (Lipinski definition) is 5. The van der Waals surface area contributed by atoms with Crippen molar-refractivity contribution in [3.05, 3.63) is 11.7 Å². The third-order valence-electron chi connectivity index (χ3n) is 3.30. The molecule has 1 aromatic heterocycles. The molecule has 0 fully saturated rings. The highest BCUT2D eigenvalue weighted by Gasteiger charge is 2.30. The highest BCUT2D eigenvalue weighted by molar-refractivity contribution is 5.02. The van der Waals surface area contributed by atoms with Gasteiger partial charge in [-0.25, -0.2) is 0 Å². The van der Waals surface area contributed by atoms with Crippen molar-refractivity contribution in [2.45, 2.75) is 58.6 Å². The van der Waals surface area contributed by atoms with Crippen molar-refractivity contribution in [1.29, 1.82) is 0 Å². The average Bonchev–Trinajstić information content (AvgIpc) is 2.80. The van der Waals surface area contributed by atoms with Crippen LogP contribution in [0.15, 0.2) is 4.52 Å². The second-order valence-electron chi connectivity index (χ2n) is 4.99. The van der Waals surface area contributed by atoms with Gasteiger partial charge in [0, 0.05) is 12.6 Å². The molecule has 2 unspecified atom stereocenters. The lowest BCUT2D eigenvalue weighted by Gasteiger charge is -2.20. The van der Waals surface area contributed by atoms with E-state index in [0.717, 1.165) is 6.42 Å². The normalized spacial score (nSPS) is 15.7. The number of nitrogens with one attached hydrogen (secondary N) is 1. The third kappa shape index (κ3) is 3.29. The lowest BCUT2D eigenvalue weighted by atomic mass is 9.98. The van der Waals surface area contributed by atoms with Crippen LogP contribution in [-0.4, -0.2) is 29.8 Å². The van der Waals surface area contributed by atoms with Crippen molar-refractivity contribution in [1.82, 2.24) is 15.5 Å². The predicted molar refractivity (Wildman–Crippen MR) is 70.5 cm³/mol. The largest absolute Gasteiger partial charge is 0.368 e. The van der Waals surface area contributed by atoms with Crippen LogP contribution in [0.3, 0.4) is 0 Å². The highest BCUT2D eigenvalue weighted by Crippen LogP contribution is 2.26. The second kappa shape index (κ2) is 6.29. The molecule has 18 heavy (non-hydrogen) atoms. The maximum atomic E-state index is 5.63. The topological polar surface area (TPSA) is 60.2 Å². The van der Waals surface area contributed by atoms with Crippen LogP contribution in [-0.2, 0) is 10.3 Å². The molecule has 0 amide bonds. The first-order valence-corrected chi connectivity index (χ1v) is 6.61. The van der Waals surface area contributed by atoms with Crippen LogP contribution >= 0.6 is 0 Å². The third-order valence-corrected chi connectivity index (χ3v) is 3.30. The fourth-order valence-corrected chi connectivity index (χ4v) is 2.00. The molecule has 1 aromatic rings. The van der Waals surface area contributed by atoms with E-state index in [-0.39, 0.29) is 5.92 Å². The first-order chi connectivity index (χ1) is 8.46. The summed E-state index contributed by atoms with van der Waals surface area (Å²) in [5.41, 5.74) is -0.502. The maximum Gasteiger partial charge on any atom is 0.231 e. The van der Waals surface area contributed by atoms with Gasteiger partial charge in [-0.1, -0.05) is 12.1 Å². The van der Waals surface area contributed by atoms with Crippen molar-refractivity contribution in [2.24, 2.45) is 0 Å². The monoisotopic (exact) mass is 255 g/mol. The molecule has 0 aliphatic rings. The van der Waals surface area contributed by atoms with E-state index in [4.69, 9.17) is 9.26 Å². The maximum absolute atomic E-state index is 5.63. The fraction of sp³-hybridized carbons (Fsp3) is 0.846. The summed E-state index contributed by atoms with van der Waals surface area (Å²) in [4.78, 5) is 4.50. The molecule has 0 radical (unpaired) electrons. The summed E-state index contributed by atoms with van der Waals surface area (Å²) < 4.78 is 11.0. The Labute approximate surface area is 109 Å². The Morgan fingerprint density at radius 1 is 1.39 bits per heavy atom. The smallest absolute Gasteiger partial charge is 0.231 e. The second-order valence-corrected chi connectivity index (χ2v) is 4.99. The Morgan fingerprint density at radius 3 is 2.56 bits per heavy atom. The summed E-state index contributed by atoms with van der Waals surface area (Å²) >= 11 is 0. The van der Waals surface area contributed by atoms with Gasteiger partial charge in [0.15, 0.2) is 0 Å². The molecule has 5 heteroatoms. The zero-order chi connectivity index (χ0) is 13.8. The zero-order valence-corrected chi connectivity index (χ0v) is 12.3. The first-order valence-electron chi connectivity index (χ1n) is 6.61. The Bertz CT molecular complexity index is 363. The standard InChI is InChI=1S/C13H25N3O2/c1-7-10(9(3)14-6)11-15-12(16-18-11)13(4,5)17-8-2/h9-10,14H,7-8H2,1-6H3. The minimum atomic E-state index is -0.502. The van der Waals surface area contributed by atoms with Gasteiger partial charge in [0.25, 0.3) is 0 Å². The van der Waals surface area contributed by atoms with Crippen LogP contribution in [0.2, 0.25) is 0 Å². The number of hydrogen-bond donors (Lipinski definition) is 1. The Balaban J connectivity index is 2.91. The van der Waals surface area contributed by atoms with E-state index in [1.165, 1.54) is 0 Å². The van der Waals surface area contributed by atoms with Crippen LogP contribution in [0.1, 0.15) is 58.7 Å². The zero-order valence-electron chi connectivity index (χ0n) is 12.3.